The van der Waals surface area contributed by atoms with Crippen molar-refractivity contribution in [1.82, 2.24) is 20.2 Å². The number of hydrogen-bond donors (Lipinski definition) is 2. The number of aromatic nitrogens is 2. The molecule has 0 aliphatic rings. The average molecular weight is 487 g/mol. The number of hydrogen-bond acceptors (Lipinski definition) is 3. The van der Waals surface area contributed by atoms with Crippen LogP contribution in [0.3, 0.4) is 0 Å². The maximum Gasteiger partial charge on any atom is 0.191 e. The number of ether oxygens (including phenoxy) is 1. The van der Waals surface area contributed by atoms with Crippen molar-refractivity contribution in [2.75, 3.05) is 32.8 Å². The monoisotopic (exact) mass is 487 g/mol. The molecule has 1 aromatic carbocycles. The van der Waals surface area contributed by atoms with Gasteiger partial charge >= 0.3 is 0 Å². The fourth-order valence-corrected chi connectivity index (χ4v) is 2.80. The van der Waals surface area contributed by atoms with E-state index < -0.39 is 0 Å². The summed E-state index contributed by atoms with van der Waals surface area (Å²) in [6.45, 7) is 13.3. The molecule has 1 aromatic heterocycles. The van der Waals surface area contributed by atoms with Crippen LogP contribution in [0.4, 0.5) is 0 Å². The fraction of sp³-hybridized carbons (Fsp3) is 0.600. The third-order valence-corrected chi connectivity index (χ3v) is 3.99. The Kier molecular flexibility index (Phi) is 11.3. The molecule has 2 rings (SSSR count). The lowest BCUT2D eigenvalue weighted by molar-refractivity contribution is 0.114. The first-order chi connectivity index (χ1) is 12.6. The number of rotatable bonds is 10. The third-order valence-electron chi connectivity index (χ3n) is 3.99. The Morgan fingerprint density at radius 2 is 2.04 bits per heavy atom. The molecular weight excluding hydrogens is 453 g/mol. The molecule has 1 heterocycles. The van der Waals surface area contributed by atoms with Crippen molar-refractivity contribution in [2.24, 2.45) is 10.9 Å². The van der Waals surface area contributed by atoms with E-state index in [0.717, 1.165) is 56.5 Å². The lowest BCUT2D eigenvalue weighted by Gasteiger charge is -2.12. The normalized spacial score (nSPS) is 11.7. The minimum Gasteiger partial charge on any atom is -0.379 e. The molecule has 6 nitrogen and oxygen atoms in total. The van der Waals surface area contributed by atoms with Crippen molar-refractivity contribution < 1.29 is 4.74 Å². The highest BCUT2D eigenvalue weighted by Gasteiger charge is 2.05. The van der Waals surface area contributed by atoms with E-state index in [2.05, 4.69) is 71.1 Å². The highest BCUT2D eigenvalue weighted by Crippen LogP contribution is 2.15. The predicted octanol–water partition coefficient (Wildman–Crippen LogP) is 3.58. The van der Waals surface area contributed by atoms with Crippen LogP contribution in [0.1, 0.15) is 33.0 Å². The Labute approximate surface area is 180 Å². The molecule has 2 aromatic rings. The molecule has 0 fully saturated rings. The van der Waals surface area contributed by atoms with Crippen LogP contribution in [0.2, 0.25) is 0 Å². The number of para-hydroxylation sites is 2. The molecule has 0 bridgehead atoms. The molecule has 0 radical (unpaired) electrons. The van der Waals surface area contributed by atoms with Gasteiger partial charge in [-0.2, -0.15) is 0 Å². The molecule has 0 unspecified atom stereocenters. The first-order valence-electron chi connectivity index (χ1n) is 9.63. The number of benzene rings is 1. The summed E-state index contributed by atoms with van der Waals surface area (Å²) in [4.78, 5) is 9.28. The molecule has 7 heteroatoms. The van der Waals surface area contributed by atoms with Gasteiger partial charge in [0.05, 0.1) is 17.6 Å². The van der Waals surface area contributed by atoms with E-state index in [1.165, 1.54) is 5.52 Å². The van der Waals surface area contributed by atoms with Crippen molar-refractivity contribution in [1.29, 1.82) is 0 Å². The molecule has 0 spiro atoms. The van der Waals surface area contributed by atoms with E-state index >= 15 is 0 Å². The van der Waals surface area contributed by atoms with Crippen molar-refractivity contribution >= 4 is 41.0 Å². The summed E-state index contributed by atoms with van der Waals surface area (Å²) in [6, 6.07) is 8.28. The Morgan fingerprint density at radius 3 is 2.78 bits per heavy atom. The van der Waals surface area contributed by atoms with Gasteiger partial charge in [-0.3, -0.25) is 4.99 Å². The number of aryl methyl sites for hydroxylation is 2. The number of guanidine groups is 1. The van der Waals surface area contributed by atoms with Crippen LogP contribution >= 0.6 is 24.0 Å². The topological polar surface area (TPSA) is 63.5 Å². The second kappa shape index (κ2) is 12.9. The standard InChI is InChI=1S/C20H33N5O.HI/c1-5-21-20(23-12-14-26-15-16(2)3)22-11-8-13-25-17(4)24-18-9-6-7-10-19(18)25;/h6-7,9-10,16H,5,8,11-15H2,1-4H3,(H2,21,22,23);1H. The molecular formula is C20H34IN5O. The van der Waals surface area contributed by atoms with Gasteiger partial charge in [-0.15, -0.1) is 24.0 Å². The van der Waals surface area contributed by atoms with Crippen LogP contribution in [-0.2, 0) is 11.3 Å². The van der Waals surface area contributed by atoms with Crippen LogP contribution in [0.25, 0.3) is 11.0 Å². The smallest absolute Gasteiger partial charge is 0.191 e. The molecule has 152 valence electrons. The highest BCUT2D eigenvalue weighted by atomic mass is 127. The van der Waals surface area contributed by atoms with Crippen LogP contribution in [-0.4, -0.2) is 48.4 Å². The van der Waals surface area contributed by atoms with Crippen LogP contribution in [0, 0.1) is 12.8 Å². The summed E-state index contributed by atoms with van der Waals surface area (Å²) in [7, 11) is 0. The molecule has 27 heavy (non-hydrogen) atoms. The van der Waals surface area contributed by atoms with Crippen molar-refractivity contribution in [3.63, 3.8) is 0 Å². The van der Waals surface area contributed by atoms with Gasteiger partial charge in [0.2, 0.25) is 0 Å². The molecule has 0 amide bonds. The molecule has 0 atom stereocenters. The zero-order valence-electron chi connectivity index (χ0n) is 17.0. The minimum absolute atomic E-state index is 0. The van der Waals surface area contributed by atoms with Crippen LogP contribution < -0.4 is 10.6 Å². The third kappa shape index (κ3) is 8.04. The SMILES string of the molecule is CCNC(=NCCCn1c(C)nc2ccccc21)NCCOCC(C)C.I. The van der Waals surface area contributed by atoms with Gasteiger partial charge in [0.25, 0.3) is 0 Å². The van der Waals surface area contributed by atoms with Gasteiger partial charge in [0.1, 0.15) is 5.82 Å². The summed E-state index contributed by atoms with van der Waals surface area (Å²) in [5.74, 6) is 2.48. The molecule has 0 saturated carbocycles. The molecule has 0 aliphatic heterocycles. The Balaban J connectivity index is 0.00000364. The van der Waals surface area contributed by atoms with Gasteiger partial charge in [0.15, 0.2) is 5.96 Å². The van der Waals surface area contributed by atoms with Crippen molar-refractivity contribution in [2.45, 2.75) is 40.7 Å². The zero-order valence-corrected chi connectivity index (χ0v) is 19.3. The summed E-state index contributed by atoms with van der Waals surface area (Å²) >= 11 is 0. The number of aliphatic imine (C=N–C) groups is 1. The molecule has 0 saturated heterocycles. The van der Waals surface area contributed by atoms with E-state index in [-0.39, 0.29) is 24.0 Å². The van der Waals surface area contributed by atoms with Gasteiger partial charge in [-0.05, 0) is 38.3 Å². The minimum atomic E-state index is 0. The molecule has 0 aliphatic carbocycles. The summed E-state index contributed by atoms with van der Waals surface area (Å²) in [6.07, 6.45) is 0.974. The number of nitrogens with zero attached hydrogens (tertiary/aromatic N) is 3. The second-order valence-electron chi connectivity index (χ2n) is 6.81. The maximum atomic E-state index is 5.60. The Bertz CT molecular complexity index is 699. The number of fused-ring (bicyclic) bond motifs is 1. The fourth-order valence-electron chi connectivity index (χ4n) is 2.80. The number of halogens is 1. The predicted molar refractivity (Wildman–Crippen MR) is 124 cm³/mol. The van der Waals surface area contributed by atoms with Crippen molar-refractivity contribution in [3.8, 4) is 0 Å². The largest absolute Gasteiger partial charge is 0.379 e. The van der Waals surface area contributed by atoms with Gasteiger partial charge in [-0.25, -0.2) is 4.98 Å². The Morgan fingerprint density at radius 1 is 1.26 bits per heavy atom. The van der Waals surface area contributed by atoms with Crippen molar-refractivity contribution in [3.05, 3.63) is 30.1 Å². The summed E-state index contributed by atoms with van der Waals surface area (Å²) in [5, 5.41) is 6.60. The first kappa shape index (κ1) is 23.7. The zero-order chi connectivity index (χ0) is 18.8. The lowest BCUT2D eigenvalue weighted by Crippen LogP contribution is -2.39. The van der Waals surface area contributed by atoms with Gasteiger partial charge in [-0.1, -0.05) is 26.0 Å². The maximum absolute atomic E-state index is 5.60. The number of nitrogens with one attached hydrogen (secondary N) is 2. The Hall–Kier alpha value is -1.35. The average Bonchev–Trinajstić information content (AvgIpc) is 2.93. The van der Waals surface area contributed by atoms with E-state index in [1.807, 2.05) is 6.07 Å². The first-order valence-corrected chi connectivity index (χ1v) is 9.63. The van der Waals surface area contributed by atoms with Crippen LogP contribution in [0.5, 0.6) is 0 Å². The van der Waals surface area contributed by atoms with E-state index in [9.17, 15) is 0 Å². The van der Waals surface area contributed by atoms with E-state index in [1.54, 1.807) is 0 Å². The summed E-state index contributed by atoms with van der Waals surface area (Å²) < 4.78 is 7.87. The molecule has 2 N–H and O–H groups in total. The second-order valence-corrected chi connectivity index (χ2v) is 6.81. The summed E-state index contributed by atoms with van der Waals surface area (Å²) in [5.41, 5.74) is 2.26. The lowest BCUT2D eigenvalue weighted by atomic mass is 10.2. The van der Waals surface area contributed by atoms with E-state index in [0.29, 0.717) is 12.5 Å². The van der Waals surface area contributed by atoms with Gasteiger partial charge < -0.3 is 19.9 Å². The van der Waals surface area contributed by atoms with Crippen LogP contribution in [0.15, 0.2) is 29.3 Å². The number of imidazole rings is 1. The highest BCUT2D eigenvalue weighted by molar-refractivity contribution is 14.0. The van der Waals surface area contributed by atoms with E-state index in [4.69, 9.17) is 4.74 Å². The quantitative estimate of drug-likeness (QED) is 0.233. The van der Waals surface area contributed by atoms with Gasteiger partial charge in [0, 0.05) is 32.8 Å².